The van der Waals surface area contributed by atoms with Crippen LogP contribution < -0.4 is 0 Å². The molecule has 1 aliphatic rings. The molecule has 1 saturated heterocycles. The summed E-state index contributed by atoms with van der Waals surface area (Å²) in [6.45, 7) is -0.681. The van der Waals surface area contributed by atoms with Gasteiger partial charge in [0.1, 0.15) is 16.5 Å². The van der Waals surface area contributed by atoms with Gasteiger partial charge in [-0.05, 0) is 22.0 Å². The van der Waals surface area contributed by atoms with E-state index in [9.17, 15) is 27.4 Å². The zero-order valence-electron chi connectivity index (χ0n) is 9.42. The lowest BCUT2D eigenvalue weighted by atomic mass is 10.3. The Morgan fingerprint density at radius 1 is 1.21 bits per heavy atom. The Balaban J connectivity index is 2.47. The number of benzene rings is 1. The number of β-amino-alcohol motifs (C(OH)–C–C–N with tert-alkyl or cyclic N) is 2. The zero-order valence-corrected chi connectivity index (χ0v) is 11.8. The van der Waals surface area contributed by atoms with E-state index >= 15 is 0 Å². The highest BCUT2D eigenvalue weighted by atomic mass is 79.9. The van der Waals surface area contributed by atoms with Crippen molar-refractivity contribution >= 4 is 26.0 Å². The molecule has 1 aromatic carbocycles. The van der Waals surface area contributed by atoms with Crippen LogP contribution in [-0.4, -0.2) is 48.2 Å². The van der Waals surface area contributed by atoms with E-state index in [0.717, 1.165) is 10.4 Å². The maximum Gasteiger partial charge on any atom is 0.247 e. The van der Waals surface area contributed by atoms with E-state index in [-0.39, 0.29) is 17.6 Å². The number of sulfonamides is 1. The van der Waals surface area contributed by atoms with Crippen molar-refractivity contribution in [3.8, 4) is 0 Å². The van der Waals surface area contributed by atoms with Gasteiger partial charge in [-0.25, -0.2) is 17.2 Å². The van der Waals surface area contributed by atoms with Gasteiger partial charge in [0, 0.05) is 23.6 Å². The fraction of sp³-hybridized carbons (Fsp3) is 0.400. The van der Waals surface area contributed by atoms with Crippen LogP contribution in [0, 0.1) is 11.6 Å². The van der Waals surface area contributed by atoms with E-state index in [1.165, 1.54) is 0 Å². The summed E-state index contributed by atoms with van der Waals surface area (Å²) < 4.78 is 51.5. The molecular weight excluding hydrogens is 348 g/mol. The number of hydrogen-bond acceptors (Lipinski definition) is 4. The van der Waals surface area contributed by atoms with Gasteiger partial charge in [-0.1, -0.05) is 0 Å². The lowest BCUT2D eigenvalue weighted by Gasteiger charge is -2.17. The Morgan fingerprint density at radius 3 is 2.21 bits per heavy atom. The lowest BCUT2D eigenvalue weighted by Crippen LogP contribution is -2.31. The molecule has 5 nitrogen and oxygen atoms in total. The third kappa shape index (κ3) is 2.65. The van der Waals surface area contributed by atoms with Crippen LogP contribution in [-0.2, 0) is 10.0 Å². The predicted octanol–water partition coefficient (Wildman–Crippen LogP) is 0.453. The highest BCUT2D eigenvalue weighted by Gasteiger charge is 2.39. The van der Waals surface area contributed by atoms with Crippen molar-refractivity contribution in [1.82, 2.24) is 4.31 Å². The van der Waals surface area contributed by atoms with Crippen molar-refractivity contribution in [1.29, 1.82) is 0 Å². The van der Waals surface area contributed by atoms with Gasteiger partial charge in [0.15, 0.2) is 0 Å². The van der Waals surface area contributed by atoms with Crippen LogP contribution in [0.15, 0.2) is 21.5 Å². The van der Waals surface area contributed by atoms with E-state index in [1.54, 1.807) is 0 Å². The number of rotatable bonds is 2. The highest BCUT2D eigenvalue weighted by Crippen LogP contribution is 2.30. The lowest BCUT2D eigenvalue weighted by molar-refractivity contribution is 0.0572. The SMILES string of the molecule is O=S(=O)(c1c(F)cc(F)cc1Br)N1C[C@@H](O)[C@@H](O)C1. The van der Waals surface area contributed by atoms with E-state index < -0.39 is 38.8 Å². The molecule has 0 spiro atoms. The molecule has 106 valence electrons. The van der Waals surface area contributed by atoms with Crippen molar-refractivity contribution in [3.63, 3.8) is 0 Å². The third-order valence-electron chi connectivity index (χ3n) is 2.79. The molecule has 0 saturated carbocycles. The summed E-state index contributed by atoms with van der Waals surface area (Å²) in [5.41, 5.74) is 0. The number of halogens is 3. The molecule has 1 aliphatic heterocycles. The molecule has 0 aromatic heterocycles. The van der Waals surface area contributed by atoms with Gasteiger partial charge < -0.3 is 10.2 Å². The molecule has 0 unspecified atom stereocenters. The Labute approximate surface area is 116 Å². The maximum atomic E-state index is 13.7. The first-order chi connectivity index (χ1) is 8.73. The van der Waals surface area contributed by atoms with Crippen LogP contribution in [0.3, 0.4) is 0 Å². The topological polar surface area (TPSA) is 77.8 Å². The molecule has 1 aromatic rings. The summed E-state index contributed by atoms with van der Waals surface area (Å²) in [6.07, 6.45) is -2.45. The highest BCUT2D eigenvalue weighted by molar-refractivity contribution is 9.10. The second-order valence-electron chi connectivity index (χ2n) is 4.16. The largest absolute Gasteiger partial charge is 0.389 e. The molecule has 1 fully saturated rings. The van der Waals surface area contributed by atoms with Gasteiger partial charge in [0.2, 0.25) is 10.0 Å². The smallest absolute Gasteiger partial charge is 0.247 e. The molecule has 2 atom stereocenters. The molecular formula is C10H10BrF2NO4S. The van der Waals surface area contributed by atoms with Gasteiger partial charge >= 0.3 is 0 Å². The molecule has 9 heteroatoms. The maximum absolute atomic E-state index is 13.7. The van der Waals surface area contributed by atoms with Crippen LogP contribution in [0.25, 0.3) is 0 Å². The molecule has 2 N–H and O–H groups in total. The summed E-state index contributed by atoms with van der Waals surface area (Å²) in [4.78, 5) is -0.713. The van der Waals surface area contributed by atoms with Gasteiger partial charge in [-0.2, -0.15) is 4.31 Å². The van der Waals surface area contributed by atoms with Gasteiger partial charge in [0.25, 0.3) is 0 Å². The standard InChI is InChI=1S/C10H10BrF2NO4S/c11-6-1-5(12)2-7(13)10(6)19(17,18)14-3-8(15)9(16)4-14/h1-2,8-9,15-16H,3-4H2/t8-,9+. The number of aliphatic hydroxyl groups is 2. The number of nitrogens with zero attached hydrogens (tertiary/aromatic N) is 1. The molecule has 0 aliphatic carbocycles. The average molecular weight is 358 g/mol. The Hall–Kier alpha value is -0.610. The fourth-order valence-corrected chi connectivity index (χ4v) is 4.42. The molecule has 1 heterocycles. The second kappa shape index (κ2) is 5.06. The predicted molar refractivity (Wildman–Crippen MR) is 64.8 cm³/mol. The minimum absolute atomic E-state index is 0.249. The van der Waals surface area contributed by atoms with Gasteiger partial charge in [-0.3, -0.25) is 0 Å². The Bertz CT molecular complexity index is 577. The van der Waals surface area contributed by atoms with Crippen LogP contribution in [0.2, 0.25) is 0 Å². The molecule has 0 radical (unpaired) electrons. The summed E-state index contributed by atoms with van der Waals surface area (Å²) in [5, 5.41) is 18.7. The Morgan fingerprint density at radius 2 is 1.74 bits per heavy atom. The van der Waals surface area contributed by atoms with Crippen LogP contribution in [0.5, 0.6) is 0 Å². The summed E-state index contributed by atoms with van der Waals surface area (Å²) in [5.74, 6) is -2.15. The molecule has 2 rings (SSSR count). The van der Waals surface area contributed by atoms with E-state index in [2.05, 4.69) is 15.9 Å². The van der Waals surface area contributed by atoms with Crippen molar-refractivity contribution in [2.75, 3.05) is 13.1 Å². The molecule has 19 heavy (non-hydrogen) atoms. The average Bonchev–Trinajstić information content (AvgIpc) is 2.57. The van der Waals surface area contributed by atoms with E-state index in [4.69, 9.17) is 0 Å². The van der Waals surface area contributed by atoms with E-state index in [1.807, 2.05) is 0 Å². The molecule has 0 bridgehead atoms. The quantitative estimate of drug-likeness (QED) is 0.805. The van der Waals surface area contributed by atoms with Crippen LogP contribution >= 0.6 is 15.9 Å². The second-order valence-corrected chi connectivity index (χ2v) is 6.88. The normalized spacial score (nSPS) is 24.9. The van der Waals surface area contributed by atoms with Gasteiger partial charge in [-0.15, -0.1) is 0 Å². The fourth-order valence-electron chi connectivity index (χ4n) is 1.84. The molecule has 0 amide bonds. The number of hydrogen-bond donors (Lipinski definition) is 2. The first-order valence-corrected chi connectivity index (χ1v) is 7.47. The van der Waals surface area contributed by atoms with Crippen molar-refractivity contribution in [3.05, 3.63) is 28.2 Å². The zero-order chi connectivity index (χ0) is 14.4. The van der Waals surface area contributed by atoms with Crippen molar-refractivity contribution in [2.45, 2.75) is 17.1 Å². The third-order valence-corrected chi connectivity index (χ3v) is 5.58. The first-order valence-electron chi connectivity index (χ1n) is 5.24. The summed E-state index contributed by atoms with van der Waals surface area (Å²) in [7, 11) is -4.26. The van der Waals surface area contributed by atoms with Crippen LogP contribution in [0.1, 0.15) is 0 Å². The van der Waals surface area contributed by atoms with Crippen molar-refractivity contribution < 1.29 is 27.4 Å². The monoisotopic (exact) mass is 357 g/mol. The van der Waals surface area contributed by atoms with Gasteiger partial charge in [0.05, 0.1) is 12.2 Å². The minimum atomic E-state index is -4.26. The Kier molecular flexibility index (Phi) is 3.94. The minimum Gasteiger partial charge on any atom is -0.389 e. The summed E-state index contributed by atoms with van der Waals surface area (Å²) >= 11 is 2.80. The van der Waals surface area contributed by atoms with Crippen molar-refractivity contribution in [2.24, 2.45) is 0 Å². The van der Waals surface area contributed by atoms with Crippen LogP contribution in [0.4, 0.5) is 8.78 Å². The van der Waals surface area contributed by atoms with E-state index in [0.29, 0.717) is 6.07 Å². The first kappa shape index (κ1) is 14.8. The number of aliphatic hydroxyl groups excluding tert-OH is 2. The summed E-state index contributed by atoms with van der Waals surface area (Å²) in [6, 6.07) is 1.29.